The number of likely N-dealkylation sites (N-methyl/N-ethyl adjacent to an activating group) is 1. The Balaban J connectivity index is 1.63. The number of likely N-dealkylation sites (tertiary alicyclic amines) is 1. The Labute approximate surface area is 121 Å². The van der Waals surface area contributed by atoms with Crippen LogP contribution in [0.2, 0.25) is 0 Å². The fourth-order valence-corrected chi connectivity index (χ4v) is 3.28. The maximum Gasteiger partial charge on any atom is 0.119 e. The molecule has 0 amide bonds. The van der Waals surface area contributed by atoms with Crippen molar-refractivity contribution in [3.05, 3.63) is 29.8 Å². The monoisotopic (exact) mass is 276 g/mol. The van der Waals surface area contributed by atoms with E-state index in [4.69, 9.17) is 9.47 Å². The van der Waals surface area contributed by atoms with E-state index in [1.807, 2.05) is 6.07 Å². The van der Waals surface area contributed by atoms with Crippen LogP contribution in [0.25, 0.3) is 0 Å². The molecule has 1 aromatic carbocycles. The minimum absolute atomic E-state index is 0.426. The van der Waals surface area contributed by atoms with Gasteiger partial charge in [-0.3, -0.25) is 9.80 Å². The lowest BCUT2D eigenvalue weighted by atomic mass is 9.98. The van der Waals surface area contributed by atoms with Crippen LogP contribution in [0, 0.1) is 0 Å². The second-order valence-electron chi connectivity index (χ2n) is 5.83. The molecule has 0 saturated carbocycles. The lowest BCUT2D eigenvalue weighted by molar-refractivity contribution is -0.0956. The molecule has 4 nitrogen and oxygen atoms in total. The molecule has 2 atom stereocenters. The molecule has 110 valence electrons. The van der Waals surface area contributed by atoms with Crippen molar-refractivity contribution in [3.8, 4) is 5.75 Å². The van der Waals surface area contributed by atoms with Gasteiger partial charge in [0, 0.05) is 32.2 Å². The van der Waals surface area contributed by atoms with Gasteiger partial charge >= 0.3 is 0 Å². The van der Waals surface area contributed by atoms with Crippen molar-refractivity contribution in [1.29, 1.82) is 0 Å². The molecule has 0 radical (unpaired) electrons. The van der Waals surface area contributed by atoms with Gasteiger partial charge in [0.1, 0.15) is 5.75 Å². The lowest BCUT2D eigenvalue weighted by Crippen LogP contribution is -2.58. The second-order valence-corrected chi connectivity index (χ2v) is 5.83. The number of hydrogen-bond acceptors (Lipinski definition) is 4. The number of rotatable bonds is 3. The second kappa shape index (κ2) is 6.12. The van der Waals surface area contributed by atoms with E-state index in [2.05, 4.69) is 35.0 Å². The molecule has 2 heterocycles. The van der Waals surface area contributed by atoms with Gasteiger partial charge in [0.25, 0.3) is 0 Å². The molecule has 2 aliphatic heterocycles. The van der Waals surface area contributed by atoms with Crippen LogP contribution < -0.4 is 4.74 Å². The molecule has 0 N–H and O–H groups in total. The fraction of sp³-hybridized carbons (Fsp3) is 0.625. The highest BCUT2D eigenvalue weighted by Crippen LogP contribution is 2.23. The first-order valence-corrected chi connectivity index (χ1v) is 7.43. The van der Waals surface area contributed by atoms with Crippen molar-refractivity contribution < 1.29 is 9.47 Å². The van der Waals surface area contributed by atoms with Crippen molar-refractivity contribution in [2.75, 3.05) is 40.4 Å². The molecule has 0 aliphatic carbocycles. The molecule has 2 aliphatic rings. The summed E-state index contributed by atoms with van der Waals surface area (Å²) < 4.78 is 11.2. The molecule has 20 heavy (non-hydrogen) atoms. The van der Waals surface area contributed by atoms with Gasteiger partial charge in [0.2, 0.25) is 0 Å². The van der Waals surface area contributed by atoms with E-state index in [9.17, 15) is 0 Å². The van der Waals surface area contributed by atoms with E-state index in [-0.39, 0.29) is 0 Å². The highest BCUT2D eigenvalue weighted by molar-refractivity contribution is 5.28. The summed E-state index contributed by atoms with van der Waals surface area (Å²) in [6, 6.07) is 8.92. The molecule has 3 rings (SSSR count). The molecule has 2 saturated heterocycles. The van der Waals surface area contributed by atoms with Gasteiger partial charge in [-0.2, -0.15) is 0 Å². The number of benzene rings is 1. The smallest absolute Gasteiger partial charge is 0.119 e. The Bertz CT molecular complexity index is 452. The zero-order valence-corrected chi connectivity index (χ0v) is 12.4. The Hall–Kier alpha value is -1.10. The summed E-state index contributed by atoms with van der Waals surface area (Å²) in [5.74, 6) is 0.940. The number of morpholine rings is 1. The van der Waals surface area contributed by atoms with Crippen molar-refractivity contribution in [3.63, 3.8) is 0 Å². The van der Waals surface area contributed by atoms with E-state index in [0.29, 0.717) is 12.1 Å². The van der Waals surface area contributed by atoms with Gasteiger partial charge in [-0.25, -0.2) is 0 Å². The van der Waals surface area contributed by atoms with Crippen molar-refractivity contribution in [2.24, 2.45) is 0 Å². The number of nitrogens with zero attached hydrogens (tertiary/aromatic N) is 2. The molecule has 0 unspecified atom stereocenters. The fourth-order valence-electron chi connectivity index (χ4n) is 3.28. The first-order valence-electron chi connectivity index (χ1n) is 7.43. The van der Waals surface area contributed by atoms with Crippen LogP contribution in [0.5, 0.6) is 5.75 Å². The first kappa shape index (κ1) is 13.9. The van der Waals surface area contributed by atoms with Gasteiger partial charge in [0.15, 0.2) is 0 Å². The van der Waals surface area contributed by atoms with Crippen LogP contribution in [-0.4, -0.2) is 62.3 Å². The first-order chi connectivity index (χ1) is 9.76. The van der Waals surface area contributed by atoms with E-state index < -0.39 is 0 Å². The maximum absolute atomic E-state index is 5.90. The quantitative estimate of drug-likeness (QED) is 0.837. The number of methoxy groups -OCH3 is 1. The molecule has 2 fully saturated rings. The van der Waals surface area contributed by atoms with Crippen LogP contribution in [-0.2, 0) is 11.3 Å². The summed E-state index contributed by atoms with van der Waals surface area (Å²) >= 11 is 0. The van der Waals surface area contributed by atoms with Crippen molar-refractivity contribution in [2.45, 2.75) is 25.1 Å². The SMILES string of the molecule is COc1cccc(CN2CC[C@@H]3OCCN(C)[C@H]3C2)c1. The number of hydrogen-bond donors (Lipinski definition) is 0. The Morgan fingerprint density at radius 1 is 1.35 bits per heavy atom. The van der Waals surface area contributed by atoms with Gasteiger partial charge in [-0.05, 0) is 31.2 Å². The molecule has 0 aromatic heterocycles. The van der Waals surface area contributed by atoms with E-state index in [1.54, 1.807) is 7.11 Å². The molecular weight excluding hydrogens is 252 g/mol. The highest BCUT2D eigenvalue weighted by atomic mass is 16.5. The predicted octanol–water partition coefficient (Wildman–Crippen LogP) is 1.60. The minimum atomic E-state index is 0.426. The number of piperidine rings is 1. The molecule has 0 spiro atoms. The number of ether oxygens (including phenoxy) is 2. The summed E-state index contributed by atoms with van der Waals surface area (Å²) in [6.45, 7) is 5.14. The molecule has 0 bridgehead atoms. The Kier molecular flexibility index (Phi) is 4.24. The average Bonchev–Trinajstić information content (AvgIpc) is 2.48. The van der Waals surface area contributed by atoms with Gasteiger partial charge in [0.05, 0.1) is 19.8 Å². The summed E-state index contributed by atoms with van der Waals surface area (Å²) in [6.07, 6.45) is 1.56. The summed E-state index contributed by atoms with van der Waals surface area (Å²) in [5, 5.41) is 0. The van der Waals surface area contributed by atoms with Gasteiger partial charge < -0.3 is 9.47 Å². The van der Waals surface area contributed by atoms with E-state index in [0.717, 1.165) is 45.0 Å². The summed E-state index contributed by atoms with van der Waals surface area (Å²) in [4.78, 5) is 4.98. The minimum Gasteiger partial charge on any atom is -0.497 e. The Morgan fingerprint density at radius 3 is 3.10 bits per heavy atom. The van der Waals surface area contributed by atoms with E-state index >= 15 is 0 Å². The number of fused-ring (bicyclic) bond motifs is 1. The van der Waals surface area contributed by atoms with Crippen LogP contribution in [0.15, 0.2) is 24.3 Å². The van der Waals surface area contributed by atoms with Gasteiger partial charge in [-0.15, -0.1) is 0 Å². The van der Waals surface area contributed by atoms with E-state index in [1.165, 1.54) is 5.56 Å². The molecule has 4 heteroatoms. The van der Waals surface area contributed by atoms with Crippen LogP contribution in [0.4, 0.5) is 0 Å². The predicted molar refractivity (Wildman–Crippen MR) is 79.0 cm³/mol. The average molecular weight is 276 g/mol. The normalized spacial score (nSPS) is 28.1. The lowest BCUT2D eigenvalue weighted by Gasteiger charge is -2.45. The third-order valence-corrected chi connectivity index (χ3v) is 4.49. The third-order valence-electron chi connectivity index (χ3n) is 4.49. The molecule has 1 aromatic rings. The topological polar surface area (TPSA) is 24.9 Å². The Morgan fingerprint density at radius 2 is 2.25 bits per heavy atom. The van der Waals surface area contributed by atoms with Crippen LogP contribution in [0.3, 0.4) is 0 Å². The standard InChI is InChI=1S/C16H24N2O2/c1-17-8-9-20-16-6-7-18(12-15(16)17)11-13-4-3-5-14(10-13)19-2/h3-5,10,15-16H,6-9,11-12H2,1-2H3/t15-,16-/m0/s1. The zero-order chi connectivity index (χ0) is 13.9. The summed E-state index contributed by atoms with van der Waals surface area (Å²) in [7, 11) is 3.94. The van der Waals surface area contributed by atoms with Crippen molar-refractivity contribution in [1.82, 2.24) is 9.80 Å². The highest BCUT2D eigenvalue weighted by Gasteiger charge is 2.35. The van der Waals surface area contributed by atoms with Crippen LogP contribution >= 0.6 is 0 Å². The van der Waals surface area contributed by atoms with Crippen LogP contribution in [0.1, 0.15) is 12.0 Å². The third kappa shape index (κ3) is 2.97. The maximum atomic E-state index is 5.90. The van der Waals surface area contributed by atoms with Gasteiger partial charge in [-0.1, -0.05) is 12.1 Å². The largest absolute Gasteiger partial charge is 0.497 e. The van der Waals surface area contributed by atoms with Crippen molar-refractivity contribution >= 4 is 0 Å². The zero-order valence-electron chi connectivity index (χ0n) is 12.4. The summed E-state index contributed by atoms with van der Waals surface area (Å²) in [5.41, 5.74) is 1.32. The molecular formula is C16H24N2O2.